The van der Waals surface area contributed by atoms with Gasteiger partial charge >= 0.3 is 5.97 Å². The Hall–Kier alpha value is -0.650. The first-order valence-corrected chi connectivity index (χ1v) is 5.75. The maximum absolute atomic E-state index is 10.8. The van der Waals surface area contributed by atoms with Crippen molar-refractivity contribution in [2.75, 3.05) is 20.3 Å². The van der Waals surface area contributed by atoms with Crippen LogP contribution in [0.3, 0.4) is 0 Å². The molecule has 1 atom stereocenters. The number of methoxy groups -OCH3 is 1. The fourth-order valence-electron chi connectivity index (χ4n) is 2.08. The van der Waals surface area contributed by atoms with Gasteiger partial charge in [-0.15, -0.1) is 0 Å². The predicted octanol–water partition coefficient (Wildman–Crippen LogP) is 0.371. The van der Waals surface area contributed by atoms with Crippen molar-refractivity contribution in [3.63, 3.8) is 0 Å². The second-order valence-electron chi connectivity index (χ2n) is 4.51. The Morgan fingerprint density at radius 2 is 2.06 bits per heavy atom. The number of aliphatic hydroxyl groups is 1. The highest BCUT2D eigenvalue weighted by Gasteiger charge is 2.30. The molecule has 0 aromatic rings. The molecule has 1 unspecified atom stereocenters. The van der Waals surface area contributed by atoms with Crippen LogP contribution in [0.15, 0.2) is 0 Å². The number of carbonyl (C=O) groups is 1. The molecule has 1 saturated carbocycles. The minimum Gasteiger partial charge on any atom is -0.480 e. The zero-order valence-corrected chi connectivity index (χ0v) is 9.74. The molecular formula is C11H21NO4. The number of rotatable bonds is 6. The molecular weight excluding hydrogens is 210 g/mol. The monoisotopic (exact) mass is 231 g/mol. The molecule has 0 aromatic heterocycles. The summed E-state index contributed by atoms with van der Waals surface area (Å²) in [6.07, 6.45) is 4.68. The topological polar surface area (TPSA) is 78.8 Å². The van der Waals surface area contributed by atoms with E-state index in [-0.39, 0.29) is 6.61 Å². The molecule has 0 aliphatic heterocycles. The van der Waals surface area contributed by atoms with Gasteiger partial charge < -0.3 is 14.9 Å². The summed E-state index contributed by atoms with van der Waals surface area (Å²) in [5.74, 6) is -0.943. The summed E-state index contributed by atoms with van der Waals surface area (Å²) in [6, 6.07) is -0.740. The normalized spacial score (nSPS) is 21.6. The maximum Gasteiger partial charge on any atom is 0.323 e. The fourth-order valence-corrected chi connectivity index (χ4v) is 2.08. The van der Waals surface area contributed by atoms with Crippen molar-refractivity contribution < 1.29 is 19.7 Å². The van der Waals surface area contributed by atoms with Crippen LogP contribution >= 0.6 is 0 Å². The van der Waals surface area contributed by atoms with Gasteiger partial charge in [0, 0.05) is 13.7 Å². The van der Waals surface area contributed by atoms with E-state index in [9.17, 15) is 9.90 Å². The average Bonchev–Trinajstić information content (AvgIpc) is 2.25. The second-order valence-corrected chi connectivity index (χ2v) is 4.51. The molecule has 16 heavy (non-hydrogen) atoms. The third kappa shape index (κ3) is 4.08. The number of ether oxygens (including phenoxy) is 1. The highest BCUT2D eigenvalue weighted by molar-refractivity contribution is 5.73. The largest absolute Gasteiger partial charge is 0.480 e. The molecule has 1 fully saturated rings. The van der Waals surface area contributed by atoms with E-state index in [4.69, 9.17) is 9.84 Å². The molecule has 0 spiro atoms. The van der Waals surface area contributed by atoms with Gasteiger partial charge in [-0.1, -0.05) is 19.3 Å². The van der Waals surface area contributed by atoms with Crippen LogP contribution in [-0.4, -0.2) is 48.1 Å². The zero-order chi connectivity index (χ0) is 12.0. The van der Waals surface area contributed by atoms with Crippen LogP contribution in [0, 0.1) is 0 Å². The highest BCUT2D eigenvalue weighted by atomic mass is 16.5. The molecule has 0 radical (unpaired) electrons. The number of carboxylic acids is 1. The van der Waals surface area contributed by atoms with Crippen LogP contribution in [0.5, 0.6) is 0 Å². The number of hydrogen-bond donors (Lipinski definition) is 3. The molecule has 1 rings (SSSR count). The molecule has 0 amide bonds. The third-order valence-corrected chi connectivity index (χ3v) is 3.09. The summed E-state index contributed by atoms with van der Waals surface area (Å²) in [7, 11) is 1.47. The Balaban J connectivity index is 2.37. The van der Waals surface area contributed by atoms with Gasteiger partial charge in [-0.2, -0.15) is 0 Å². The summed E-state index contributed by atoms with van der Waals surface area (Å²) in [6.45, 7) is 0.443. The van der Waals surface area contributed by atoms with Gasteiger partial charge in [-0.25, -0.2) is 0 Å². The van der Waals surface area contributed by atoms with E-state index in [0.717, 1.165) is 32.1 Å². The highest BCUT2D eigenvalue weighted by Crippen LogP contribution is 2.27. The first-order valence-electron chi connectivity index (χ1n) is 5.75. The summed E-state index contributed by atoms with van der Waals surface area (Å²) in [5.41, 5.74) is -0.736. The summed E-state index contributed by atoms with van der Waals surface area (Å²) in [4.78, 5) is 10.8. The van der Waals surface area contributed by atoms with E-state index in [2.05, 4.69) is 5.32 Å². The van der Waals surface area contributed by atoms with Gasteiger partial charge in [0.2, 0.25) is 0 Å². The second kappa shape index (κ2) is 6.18. The van der Waals surface area contributed by atoms with E-state index < -0.39 is 17.6 Å². The lowest BCUT2D eigenvalue weighted by Crippen LogP contribution is -2.49. The Morgan fingerprint density at radius 3 is 2.56 bits per heavy atom. The molecule has 0 heterocycles. The Kier molecular flexibility index (Phi) is 5.18. The van der Waals surface area contributed by atoms with E-state index >= 15 is 0 Å². The fraction of sp³-hybridized carbons (Fsp3) is 0.909. The molecule has 1 aliphatic rings. The summed E-state index contributed by atoms with van der Waals surface area (Å²) in [5, 5.41) is 21.9. The van der Waals surface area contributed by atoms with Crippen LogP contribution in [0.25, 0.3) is 0 Å². The van der Waals surface area contributed by atoms with Crippen LogP contribution in [0.2, 0.25) is 0 Å². The summed E-state index contributed by atoms with van der Waals surface area (Å²) < 4.78 is 4.81. The predicted molar refractivity (Wildman–Crippen MR) is 59.3 cm³/mol. The van der Waals surface area contributed by atoms with Gasteiger partial charge in [0.25, 0.3) is 0 Å². The average molecular weight is 231 g/mol. The molecule has 1 aliphatic carbocycles. The van der Waals surface area contributed by atoms with Crippen LogP contribution < -0.4 is 5.32 Å². The SMILES string of the molecule is COCC(NCC1(O)CCCCC1)C(=O)O. The quantitative estimate of drug-likeness (QED) is 0.615. The van der Waals surface area contributed by atoms with Crippen LogP contribution in [0.4, 0.5) is 0 Å². The minimum atomic E-state index is -0.943. The molecule has 3 N–H and O–H groups in total. The first-order chi connectivity index (χ1) is 7.57. The first kappa shape index (κ1) is 13.4. The van der Waals surface area contributed by atoms with E-state index in [0.29, 0.717) is 6.54 Å². The Morgan fingerprint density at radius 1 is 1.44 bits per heavy atom. The molecule has 5 nitrogen and oxygen atoms in total. The lowest BCUT2D eigenvalue weighted by Gasteiger charge is -2.33. The van der Waals surface area contributed by atoms with Crippen LogP contribution in [-0.2, 0) is 9.53 Å². The number of hydrogen-bond acceptors (Lipinski definition) is 4. The molecule has 0 aromatic carbocycles. The zero-order valence-electron chi connectivity index (χ0n) is 9.74. The number of carboxylic acid groups (broad SMARTS) is 1. The van der Waals surface area contributed by atoms with Crippen molar-refractivity contribution in [2.45, 2.75) is 43.7 Å². The maximum atomic E-state index is 10.8. The smallest absolute Gasteiger partial charge is 0.323 e. The molecule has 0 bridgehead atoms. The van der Waals surface area contributed by atoms with Gasteiger partial charge in [0.1, 0.15) is 6.04 Å². The van der Waals surface area contributed by atoms with Crippen molar-refractivity contribution in [1.29, 1.82) is 0 Å². The van der Waals surface area contributed by atoms with E-state index in [1.807, 2.05) is 0 Å². The number of nitrogens with one attached hydrogen (secondary N) is 1. The minimum absolute atomic E-state index is 0.116. The van der Waals surface area contributed by atoms with Crippen molar-refractivity contribution in [3.8, 4) is 0 Å². The van der Waals surface area contributed by atoms with Gasteiger partial charge in [0.15, 0.2) is 0 Å². The summed E-state index contributed by atoms with van der Waals surface area (Å²) >= 11 is 0. The molecule has 94 valence electrons. The van der Waals surface area contributed by atoms with Gasteiger partial charge in [-0.3, -0.25) is 10.1 Å². The van der Waals surface area contributed by atoms with Gasteiger partial charge in [0.05, 0.1) is 12.2 Å². The van der Waals surface area contributed by atoms with Crippen molar-refractivity contribution >= 4 is 5.97 Å². The third-order valence-electron chi connectivity index (χ3n) is 3.09. The van der Waals surface area contributed by atoms with Gasteiger partial charge in [-0.05, 0) is 12.8 Å². The van der Waals surface area contributed by atoms with Crippen molar-refractivity contribution in [2.24, 2.45) is 0 Å². The lowest BCUT2D eigenvalue weighted by molar-refractivity contribution is -0.141. The van der Waals surface area contributed by atoms with E-state index in [1.165, 1.54) is 7.11 Å². The molecule has 5 heteroatoms. The standard InChI is InChI=1S/C11H21NO4/c1-16-7-9(10(13)14)12-8-11(15)5-3-2-4-6-11/h9,12,15H,2-8H2,1H3,(H,13,14). The van der Waals surface area contributed by atoms with Crippen molar-refractivity contribution in [3.05, 3.63) is 0 Å². The van der Waals surface area contributed by atoms with E-state index in [1.54, 1.807) is 0 Å². The Labute approximate surface area is 95.8 Å². The van der Waals surface area contributed by atoms with Crippen LogP contribution in [0.1, 0.15) is 32.1 Å². The Bertz CT molecular complexity index is 226. The number of aliphatic carboxylic acids is 1. The molecule has 0 saturated heterocycles. The lowest BCUT2D eigenvalue weighted by atomic mass is 9.85. The van der Waals surface area contributed by atoms with Crippen molar-refractivity contribution in [1.82, 2.24) is 5.32 Å².